The van der Waals surface area contributed by atoms with Crippen LogP contribution in [0.15, 0.2) is 41.4 Å². The largest absolute Gasteiger partial charge is 0.324 e. The highest BCUT2D eigenvalue weighted by Crippen LogP contribution is 2.20. The third kappa shape index (κ3) is 4.59. The van der Waals surface area contributed by atoms with Crippen LogP contribution in [-0.4, -0.2) is 19.0 Å². The Hall–Kier alpha value is -1.13. The summed E-state index contributed by atoms with van der Waals surface area (Å²) in [4.78, 5) is 11.5. The van der Waals surface area contributed by atoms with Gasteiger partial charge in [0.15, 0.2) is 0 Å². The molecule has 1 amide bonds. The molecule has 0 saturated carbocycles. The van der Waals surface area contributed by atoms with Gasteiger partial charge in [-0.15, -0.1) is 6.58 Å². The number of carbonyl (C=O) groups is 1. The van der Waals surface area contributed by atoms with Crippen LogP contribution < -0.4 is 10.6 Å². The molecule has 1 aromatic rings. The lowest BCUT2D eigenvalue weighted by atomic mass is 10.3. The standard InChI is InChI=1S/C12H15BrN2O/c1-2-3-8-14-9-12(16)15-11-7-5-4-6-10(11)13/h2,4-7,14H,1,3,8-9H2,(H,15,16). The molecule has 0 aromatic heterocycles. The molecule has 86 valence electrons. The van der Waals surface area contributed by atoms with E-state index in [0.29, 0.717) is 6.54 Å². The van der Waals surface area contributed by atoms with Crippen molar-refractivity contribution in [2.75, 3.05) is 18.4 Å². The summed E-state index contributed by atoms with van der Waals surface area (Å²) in [7, 11) is 0. The molecule has 0 heterocycles. The van der Waals surface area contributed by atoms with Gasteiger partial charge in [0, 0.05) is 4.47 Å². The van der Waals surface area contributed by atoms with E-state index in [0.717, 1.165) is 23.1 Å². The van der Waals surface area contributed by atoms with Crippen LogP contribution in [-0.2, 0) is 4.79 Å². The van der Waals surface area contributed by atoms with Gasteiger partial charge in [0.1, 0.15) is 0 Å². The highest BCUT2D eigenvalue weighted by molar-refractivity contribution is 9.10. The second-order valence-corrected chi connectivity index (χ2v) is 4.14. The maximum Gasteiger partial charge on any atom is 0.238 e. The van der Waals surface area contributed by atoms with E-state index in [1.54, 1.807) is 0 Å². The number of anilines is 1. The first-order valence-corrected chi connectivity index (χ1v) is 5.89. The molecule has 1 rings (SSSR count). The van der Waals surface area contributed by atoms with Crippen molar-refractivity contribution in [3.05, 3.63) is 41.4 Å². The number of nitrogens with one attached hydrogen (secondary N) is 2. The zero-order valence-electron chi connectivity index (χ0n) is 9.00. The van der Waals surface area contributed by atoms with Crippen LogP contribution in [0.1, 0.15) is 6.42 Å². The molecule has 0 aliphatic rings. The zero-order valence-corrected chi connectivity index (χ0v) is 10.6. The quantitative estimate of drug-likeness (QED) is 0.622. The summed E-state index contributed by atoms with van der Waals surface area (Å²) in [5.41, 5.74) is 0.790. The molecule has 16 heavy (non-hydrogen) atoms. The second kappa shape index (κ2) is 7.19. The van der Waals surface area contributed by atoms with Gasteiger partial charge in [-0.25, -0.2) is 0 Å². The number of para-hydroxylation sites is 1. The van der Waals surface area contributed by atoms with Crippen LogP contribution in [0.25, 0.3) is 0 Å². The summed E-state index contributed by atoms with van der Waals surface area (Å²) >= 11 is 3.37. The maximum atomic E-state index is 11.5. The number of halogens is 1. The first kappa shape index (κ1) is 12.9. The fraction of sp³-hybridized carbons (Fsp3) is 0.250. The van der Waals surface area contributed by atoms with Gasteiger partial charge in [0.2, 0.25) is 5.91 Å². The van der Waals surface area contributed by atoms with Crippen molar-refractivity contribution in [3.63, 3.8) is 0 Å². The van der Waals surface area contributed by atoms with Gasteiger partial charge < -0.3 is 10.6 Å². The van der Waals surface area contributed by atoms with E-state index in [9.17, 15) is 4.79 Å². The van der Waals surface area contributed by atoms with Crippen molar-refractivity contribution in [3.8, 4) is 0 Å². The summed E-state index contributed by atoms with van der Waals surface area (Å²) in [6.07, 6.45) is 2.68. The van der Waals surface area contributed by atoms with E-state index >= 15 is 0 Å². The van der Waals surface area contributed by atoms with Gasteiger partial charge in [0.05, 0.1) is 12.2 Å². The average Bonchev–Trinajstić information content (AvgIpc) is 2.28. The molecule has 3 nitrogen and oxygen atoms in total. The topological polar surface area (TPSA) is 41.1 Å². The van der Waals surface area contributed by atoms with Crippen molar-refractivity contribution in [1.29, 1.82) is 0 Å². The van der Waals surface area contributed by atoms with E-state index < -0.39 is 0 Å². The molecular weight excluding hydrogens is 268 g/mol. The summed E-state index contributed by atoms with van der Waals surface area (Å²) in [5.74, 6) is -0.0454. The summed E-state index contributed by atoms with van der Waals surface area (Å²) < 4.78 is 0.884. The molecule has 0 saturated heterocycles. The summed E-state index contributed by atoms with van der Waals surface area (Å²) in [5, 5.41) is 5.84. The molecule has 0 unspecified atom stereocenters. The fourth-order valence-corrected chi connectivity index (χ4v) is 1.55. The molecule has 0 spiro atoms. The second-order valence-electron chi connectivity index (χ2n) is 3.28. The molecule has 0 aliphatic heterocycles. The van der Waals surface area contributed by atoms with Crippen molar-refractivity contribution in [2.45, 2.75) is 6.42 Å². The number of hydrogen-bond acceptors (Lipinski definition) is 2. The molecular formula is C12H15BrN2O. The number of rotatable bonds is 6. The SMILES string of the molecule is C=CCCNCC(=O)Nc1ccccc1Br. The molecule has 2 N–H and O–H groups in total. The molecule has 0 atom stereocenters. The maximum absolute atomic E-state index is 11.5. The predicted octanol–water partition coefficient (Wildman–Crippen LogP) is 2.55. The van der Waals surface area contributed by atoms with Crippen LogP contribution in [0.2, 0.25) is 0 Å². The van der Waals surface area contributed by atoms with E-state index in [-0.39, 0.29) is 5.91 Å². The normalized spacial score (nSPS) is 9.81. The van der Waals surface area contributed by atoms with Crippen molar-refractivity contribution in [2.24, 2.45) is 0 Å². The van der Waals surface area contributed by atoms with Gasteiger partial charge in [-0.05, 0) is 41.0 Å². The number of hydrogen-bond donors (Lipinski definition) is 2. The fourth-order valence-electron chi connectivity index (χ4n) is 1.16. The molecule has 0 fully saturated rings. The minimum Gasteiger partial charge on any atom is -0.324 e. The van der Waals surface area contributed by atoms with Crippen LogP contribution >= 0.6 is 15.9 Å². The summed E-state index contributed by atoms with van der Waals surface area (Å²) in [6, 6.07) is 7.53. The smallest absolute Gasteiger partial charge is 0.238 e. The van der Waals surface area contributed by atoms with E-state index in [1.165, 1.54) is 0 Å². The van der Waals surface area contributed by atoms with Crippen molar-refractivity contribution < 1.29 is 4.79 Å². The number of carbonyl (C=O) groups excluding carboxylic acids is 1. The Morgan fingerprint density at radius 2 is 2.19 bits per heavy atom. The third-order valence-electron chi connectivity index (χ3n) is 1.96. The number of benzene rings is 1. The van der Waals surface area contributed by atoms with Crippen molar-refractivity contribution in [1.82, 2.24) is 5.32 Å². The Morgan fingerprint density at radius 3 is 2.88 bits per heavy atom. The predicted molar refractivity (Wildman–Crippen MR) is 70.5 cm³/mol. The molecule has 0 bridgehead atoms. The lowest BCUT2D eigenvalue weighted by Gasteiger charge is -2.07. The average molecular weight is 283 g/mol. The van der Waals surface area contributed by atoms with Crippen molar-refractivity contribution >= 4 is 27.5 Å². The Labute approximate surface area is 104 Å². The van der Waals surface area contributed by atoms with Crippen LogP contribution in [0.3, 0.4) is 0 Å². The molecule has 1 aromatic carbocycles. The minimum absolute atomic E-state index is 0.0454. The third-order valence-corrected chi connectivity index (χ3v) is 2.65. The van der Waals surface area contributed by atoms with Gasteiger partial charge in [0.25, 0.3) is 0 Å². The first-order chi connectivity index (χ1) is 7.74. The Bertz CT molecular complexity index is 366. The van der Waals surface area contributed by atoms with Gasteiger partial charge in [-0.3, -0.25) is 4.79 Å². The van der Waals surface area contributed by atoms with E-state index in [2.05, 4.69) is 33.1 Å². The monoisotopic (exact) mass is 282 g/mol. The van der Waals surface area contributed by atoms with Crippen LogP contribution in [0, 0.1) is 0 Å². The lowest BCUT2D eigenvalue weighted by molar-refractivity contribution is -0.115. The zero-order chi connectivity index (χ0) is 11.8. The van der Waals surface area contributed by atoms with Crippen LogP contribution in [0.5, 0.6) is 0 Å². The highest BCUT2D eigenvalue weighted by Gasteiger charge is 2.03. The van der Waals surface area contributed by atoms with E-state index in [1.807, 2.05) is 30.3 Å². The molecule has 0 aliphatic carbocycles. The Kier molecular flexibility index (Phi) is 5.82. The molecule has 4 heteroatoms. The van der Waals surface area contributed by atoms with Gasteiger partial charge in [-0.2, -0.15) is 0 Å². The Morgan fingerprint density at radius 1 is 1.44 bits per heavy atom. The van der Waals surface area contributed by atoms with Crippen LogP contribution in [0.4, 0.5) is 5.69 Å². The number of amides is 1. The minimum atomic E-state index is -0.0454. The van der Waals surface area contributed by atoms with Gasteiger partial charge >= 0.3 is 0 Å². The highest BCUT2D eigenvalue weighted by atomic mass is 79.9. The Balaban J connectivity index is 2.34. The summed E-state index contributed by atoms with van der Waals surface area (Å²) in [6.45, 7) is 4.70. The van der Waals surface area contributed by atoms with E-state index in [4.69, 9.17) is 0 Å². The lowest BCUT2D eigenvalue weighted by Crippen LogP contribution is -2.28. The first-order valence-electron chi connectivity index (χ1n) is 5.10. The molecule has 0 radical (unpaired) electrons. The van der Waals surface area contributed by atoms with Gasteiger partial charge in [-0.1, -0.05) is 18.2 Å².